The molecule has 0 radical (unpaired) electrons. The highest BCUT2D eigenvalue weighted by molar-refractivity contribution is 4.80. The molecule has 1 rings (SSSR count). The van der Waals surface area contributed by atoms with Gasteiger partial charge in [0.15, 0.2) is 0 Å². The lowest BCUT2D eigenvalue weighted by Crippen LogP contribution is -2.48. The molecule has 1 saturated heterocycles. The molecule has 12 heavy (non-hydrogen) atoms. The van der Waals surface area contributed by atoms with Gasteiger partial charge in [-0.2, -0.15) is 0 Å². The molecule has 2 nitrogen and oxygen atoms in total. The second-order valence-corrected chi connectivity index (χ2v) is 3.58. The molecule has 72 valence electrons. The van der Waals surface area contributed by atoms with Gasteiger partial charge in [-0.25, -0.2) is 8.78 Å². The predicted octanol–water partition coefficient (Wildman–Crippen LogP) is 0.921. The molecule has 4 heteroatoms. The molecule has 0 saturated carbocycles. The summed E-state index contributed by atoms with van der Waals surface area (Å²) < 4.78 is 23.9. The van der Waals surface area contributed by atoms with Gasteiger partial charge in [-0.05, 0) is 18.9 Å². The van der Waals surface area contributed by atoms with Crippen molar-refractivity contribution in [2.24, 2.45) is 11.7 Å². The van der Waals surface area contributed by atoms with Crippen LogP contribution in [0.3, 0.4) is 0 Å². The molecular formula is C8H16F2N2. The van der Waals surface area contributed by atoms with Crippen LogP contribution < -0.4 is 5.73 Å². The second-order valence-electron chi connectivity index (χ2n) is 3.58. The lowest BCUT2D eigenvalue weighted by molar-refractivity contribution is 0.0646. The summed E-state index contributed by atoms with van der Waals surface area (Å²) >= 11 is 0. The van der Waals surface area contributed by atoms with Gasteiger partial charge < -0.3 is 5.73 Å². The topological polar surface area (TPSA) is 29.3 Å². The SMILES string of the molecule is CC1CCN(CC(F)F)CC1N. The van der Waals surface area contributed by atoms with Crippen molar-refractivity contribution in [3.05, 3.63) is 0 Å². The van der Waals surface area contributed by atoms with E-state index in [1.165, 1.54) is 0 Å². The molecule has 2 atom stereocenters. The number of nitrogens with zero attached hydrogens (tertiary/aromatic N) is 1. The lowest BCUT2D eigenvalue weighted by Gasteiger charge is -2.34. The molecule has 1 aliphatic rings. The zero-order valence-electron chi connectivity index (χ0n) is 7.34. The van der Waals surface area contributed by atoms with Gasteiger partial charge in [0, 0.05) is 12.6 Å². The van der Waals surface area contributed by atoms with Crippen LogP contribution in [-0.2, 0) is 0 Å². The summed E-state index contributed by atoms with van der Waals surface area (Å²) in [6.07, 6.45) is -1.29. The number of halogens is 2. The Morgan fingerprint density at radius 1 is 1.58 bits per heavy atom. The summed E-state index contributed by atoms with van der Waals surface area (Å²) in [7, 11) is 0. The van der Waals surface area contributed by atoms with Gasteiger partial charge in [0.05, 0.1) is 6.54 Å². The Hall–Kier alpha value is -0.220. The Morgan fingerprint density at radius 2 is 2.25 bits per heavy atom. The van der Waals surface area contributed by atoms with Crippen LogP contribution in [0.1, 0.15) is 13.3 Å². The van der Waals surface area contributed by atoms with Gasteiger partial charge in [-0.1, -0.05) is 6.92 Å². The van der Waals surface area contributed by atoms with Crippen LogP contribution in [0.5, 0.6) is 0 Å². The van der Waals surface area contributed by atoms with Gasteiger partial charge in [0.25, 0.3) is 6.43 Å². The average molecular weight is 178 g/mol. The van der Waals surface area contributed by atoms with Crippen LogP contribution in [0.15, 0.2) is 0 Å². The van der Waals surface area contributed by atoms with Crippen molar-refractivity contribution in [3.63, 3.8) is 0 Å². The maximum Gasteiger partial charge on any atom is 0.251 e. The molecule has 0 amide bonds. The van der Waals surface area contributed by atoms with Gasteiger partial charge in [-0.3, -0.25) is 4.90 Å². The molecule has 1 heterocycles. The minimum absolute atomic E-state index is 0.0671. The maximum atomic E-state index is 12.0. The fourth-order valence-electron chi connectivity index (χ4n) is 1.53. The van der Waals surface area contributed by atoms with Crippen LogP contribution in [0.4, 0.5) is 8.78 Å². The van der Waals surface area contributed by atoms with Gasteiger partial charge in [-0.15, -0.1) is 0 Å². The van der Waals surface area contributed by atoms with E-state index in [0.29, 0.717) is 12.5 Å². The average Bonchev–Trinajstić information content (AvgIpc) is 1.96. The van der Waals surface area contributed by atoms with Crippen LogP contribution in [-0.4, -0.2) is 37.0 Å². The third-order valence-electron chi connectivity index (χ3n) is 2.50. The first kappa shape index (κ1) is 9.86. The molecule has 0 aliphatic carbocycles. The zero-order chi connectivity index (χ0) is 9.14. The number of piperidine rings is 1. The fourth-order valence-corrected chi connectivity index (χ4v) is 1.53. The summed E-state index contributed by atoms with van der Waals surface area (Å²) in [5.74, 6) is 0.471. The Morgan fingerprint density at radius 3 is 2.75 bits per heavy atom. The highest BCUT2D eigenvalue weighted by Gasteiger charge is 2.24. The highest BCUT2D eigenvalue weighted by Crippen LogP contribution is 2.15. The first-order valence-corrected chi connectivity index (χ1v) is 4.35. The Kier molecular flexibility index (Phi) is 3.40. The van der Waals surface area contributed by atoms with Gasteiger partial charge in [0.1, 0.15) is 0 Å². The first-order valence-electron chi connectivity index (χ1n) is 4.35. The fraction of sp³-hybridized carbons (Fsp3) is 1.00. The third kappa shape index (κ3) is 2.68. The first-order chi connectivity index (χ1) is 5.59. The maximum absolute atomic E-state index is 12.0. The predicted molar refractivity (Wildman–Crippen MR) is 44.2 cm³/mol. The molecule has 2 N–H and O–H groups in total. The number of alkyl halides is 2. The smallest absolute Gasteiger partial charge is 0.251 e. The molecular weight excluding hydrogens is 162 g/mol. The van der Waals surface area contributed by atoms with E-state index in [4.69, 9.17) is 5.73 Å². The molecule has 0 aromatic carbocycles. The minimum Gasteiger partial charge on any atom is -0.326 e. The number of nitrogens with two attached hydrogens (primary N) is 1. The molecule has 0 bridgehead atoms. The summed E-state index contributed by atoms with van der Waals surface area (Å²) in [6.45, 7) is 3.33. The van der Waals surface area contributed by atoms with E-state index >= 15 is 0 Å². The van der Waals surface area contributed by atoms with Crippen LogP contribution in [0.2, 0.25) is 0 Å². The third-order valence-corrected chi connectivity index (χ3v) is 2.50. The van der Waals surface area contributed by atoms with Crippen molar-refractivity contribution in [2.45, 2.75) is 25.8 Å². The van der Waals surface area contributed by atoms with Crippen LogP contribution >= 0.6 is 0 Å². The second kappa shape index (κ2) is 4.14. The van der Waals surface area contributed by atoms with E-state index in [1.807, 2.05) is 0 Å². The van der Waals surface area contributed by atoms with E-state index in [-0.39, 0.29) is 12.6 Å². The molecule has 0 aromatic heterocycles. The van der Waals surface area contributed by atoms with E-state index < -0.39 is 6.43 Å². The Labute approximate surface area is 71.7 Å². The number of rotatable bonds is 2. The van der Waals surface area contributed by atoms with Gasteiger partial charge in [0.2, 0.25) is 0 Å². The zero-order valence-corrected chi connectivity index (χ0v) is 7.34. The normalized spacial score (nSPS) is 32.8. The number of hydrogen-bond donors (Lipinski definition) is 1. The quantitative estimate of drug-likeness (QED) is 0.681. The van der Waals surface area contributed by atoms with Crippen molar-refractivity contribution in [1.82, 2.24) is 4.90 Å². The summed E-state index contributed by atoms with van der Waals surface area (Å²) in [5, 5.41) is 0. The van der Waals surface area contributed by atoms with Crippen molar-refractivity contribution < 1.29 is 8.78 Å². The minimum atomic E-state index is -2.23. The van der Waals surface area contributed by atoms with Crippen molar-refractivity contribution in [1.29, 1.82) is 0 Å². The summed E-state index contributed by atoms with van der Waals surface area (Å²) in [5.41, 5.74) is 5.76. The summed E-state index contributed by atoms with van der Waals surface area (Å²) in [6, 6.07) is 0.0671. The molecule has 0 spiro atoms. The monoisotopic (exact) mass is 178 g/mol. The van der Waals surface area contributed by atoms with E-state index in [1.54, 1.807) is 4.90 Å². The largest absolute Gasteiger partial charge is 0.326 e. The van der Waals surface area contributed by atoms with Crippen molar-refractivity contribution in [3.8, 4) is 0 Å². The molecule has 1 aliphatic heterocycles. The Bertz CT molecular complexity index is 141. The molecule has 2 unspecified atom stereocenters. The van der Waals surface area contributed by atoms with Crippen LogP contribution in [0.25, 0.3) is 0 Å². The van der Waals surface area contributed by atoms with Crippen LogP contribution in [0, 0.1) is 5.92 Å². The van der Waals surface area contributed by atoms with E-state index in [2.05, 4.69) is 6.92 Å². The lowest BCUT2D eigenvalue weighted by atomic mass is 9.94. The number of likely N-dealkylation sites (tertiary alicyclic amines) is 1. The highest BCUT2D eigenvalue weighted by atomic mass is 19.3. The van der Waals surface area contributed by atoms with Gasteiger partial charge >= 0.3 is 0 Å². The Balaban J connectivity index is 2.30. The van der Waals surface area contributed by atoms with E-state index in [0.717, 1.165) is 13.0 Å². The number of hydrogen-bond acceptors (Lipinski definition) is 2. The molecule has 0 aromatic rings. The van der Waals surface area contributed by atoms with E-state index in [9.17, 15) is 8.78 Å². The standard InChI is InChI=1S/C8H16F2N2/c1-6-2-3-12(4-7(6)11)5-8(9)10/h6-8H,2-5,11H2,1H3. The summed E-state index contributed by atoms with van der Waals surface area (Å²) in [4.78, 5) is 1.75. The molecule has 1 fully saturated rings. The van der Waals surface area contributed by atoms with Crippen molar-refractivity contribution >= 4 is 0 Å². The van der Waals surface area contributed by atoms with Crippen molar-refractivity contribution in [2.75, 3.05) is 19.6 Å².